The normalized spacial score (nSPS) is 12.1. The Balaban J connectivity index is 1.84. The SMILES string of the molecule is COc1ccc(CCC(=O)c2c(O)c(OC)c3c(c2O)OCO3)cc1. The molecule has 0 amide bonds. The summed E-state index contributed by atoms with van der Waals surface area (Å²) in [6.07, 6.45) is 0.536. The van der Waals surface area contributed by atoms with Gasteiger partial charge in [-0.2, -0.15) is 0 Å². The lowest BCUT2D eigenvalue weighted by atomic mass is 10.00. The molecule has 0 aliphatic carbocycles. The van der Waals surface area contributed by atoms with Gasteiger partial charge in [-0.15, -0.1) is 0 Å². The number of benzene rings is 2. The molecule has 3 rings (SSSR count). The third-order valence-electron chi connectivity index (χ3n) is 4.01. The number of phenols is 2. The highest BCUT2D eigenvalue weighted by molar-refractivity contribution is 6.03. The molecule has 0 spiro atoms. The maximum absolute atomic E-state index is 12.6. The molecule has 0 fully saturated rings. The van der Waals surface area contributed by atoms with E-state index in [4.69, 9.17) is 18.9 Å². The fourth-order valence-corrected chi connectivity index (χ4v) is 2.70. The van der Waals surface area contributed by atoms with Crippen LogP contribution >= 0.6 is 0 Å². The second-order valence-electron chi connectivity index (χ2n) is 5.44. The van der Waals surface area contributed by atoms with E-state index in [1.165, 1.54) is 7.11 Å². The van der Waals surface area contributed by atoms with Crippen molar-refractivity contribution in [2.75, 3.05) is 21.0 Å². The fraction of sp³-hybridized carbons (Fsp3) is 0.278. The molecule has 1 heterocycles. The first-order chi connectivity index (χ1) is 12.1. The van der Waals surface area contributed by atoms with E-state index in [1.807, 2.05) is 12.1 Å². The predicted octanol–water partition coefficient (Wildman–Crippen LogP) is 2.66. The Bertz CT molecular complexity index is 796. The largest absolute Gasteiger partial charge is 0.504 e. The Morgan fingerprint density at radius 2 is 1.72 bits per heavy atom. The number of aromatic hydroxyl groups is 2. The molecular weight excluding hydrogens is 328 g/mol. The molecule has 25 heavy (non-hydrogen) atoms. The van der Waals surface area contributed by atoms with Gasteiger partial charge in [-0.25, -0.2) is 0 Å². The zero-order valence-corrected chi connectivity index (χ0v) is 13.9. The zero-order chi connectivity index (χ0) is 18.0. The first-order valence-electron chi connectivity index (χ1n) is 7.64. The van der Waals surface area contributed by atoms with Gasteiger partial charge < -0.3 is 29.2 Å². The van der Waals surface area contributed by atoms with Crippen molar-refractivity contribution in [2.45, 2.75) is 12.8 Å². The van der Waals surface area contributed by atoms with Crippen molar-refractivity contribution in [1.29, 1.82) is 0 Å². The summed E-state index contributed by atoms with van der Waals surface area (Å²) >= 11 is 0. The van der Waals surface area contributed by atoms with Crippen molar-refractivity contribution in [2.24, 2.45) is 0 Å². The van der Waals surface area contributed by atoms with Gasteiger partial charge in [0, 0.05) is 6.42 Å². The van der Waals surface area contributed by atoms with Gasteiger partial charge in [0.15, 0.2) is 17.3 Å². The van der Waals surface area contributed by atoms with Crippen LogP contribution in [-0.2, 0) is 6.42 Å². The molecule has 7 nitrogen and oxygen atoms in total. The minimum atomic E-state index is -0.455. The summed E-state index contributed by atoms with van der Waals surface area (Å²) in [7, 11) is 2.91. The number of carbonyl (C=O) groups is 1. The molecule has 7 heteroatoms. The first-order valence-corrected chi connectivity index (χ1v) is 7.64. The molecular formula is C18H18O7. The van der Waals surface area contributed by atoms with Gasteiger partial charge in [-0.05, 0) is 24.1 Å². The summed E-state index contributed by atoms with van der Waals surface area (Å²) in [5, 5.41) is 20.6. The van der Waals surface area contributed by atoms with E-state index in [1.54, 1.807) is 19.2 Å². The highest BCUT2D eigenvalue weighted by Crippen LogP contribution is 2.54. The summed E-state index contributed by atoms with van der Waals surface area (Å²) < 4.78 is 20.5. The molecule has 2 aromatic carbocycles. The van der Waals surface area contributed by atoms with Crippen LogP contribution in [0.1, 0.15) is 22.3 Å². The summed E-state index contributed by atoms with van der Waals surface area (Å²) in [6, 6.07) is 7.31. The quantitative estimate of drug-likeness (QED) is 0.777. The van der Waals surface area contributed by atoms with Gasteiger partial charge >= 0.3 is 0 Å². The van der Waals surface area contributed by atoms with Crippen LogP contribution in [0.25, 0.3) is 0 Å². The van der Waals surface area contributed by atoms with Crippen LogP contribution in [0.2, 0.25) is 0 Å². The maximum Gasteiger partial charge on any atom is 0.231 e. The molecule has 2 aromatic rings. The summed E-state index contributed by atoms with van der Waals surface area (Å²) in [5.41, 5.74) is 0.704. The number of aryl methyl sites for hydroxylation is 1. The Morgan fingerprint density at radius 1 is 1.04 bits per heavy atom. The van der Waals surface area contributed by atoms with E-state index in [2.05, 4.69) is 0 Å². The molecule has 132 valence electrons. The third kappa shape index (κ3) is 3.00. The number of rotatable bonds is 6. The average molecular weight is 346 g/mol. The van der Waals surface area contributed by atoms with E-state index < -0.39 is 17.3 Å². The third-order valence-corrected chi connectivity index (χ3v) is 4.01. The second kappa shape index (κ2) is 6.80. The van der Waals surface area contributed by atoms with Crippen molar-refractivity contribution < 1.29 is 34.0 Å². The summed E-state index contributed by atoms with van der Waals surface area (Å²) in [4.78, 5) is 12.6. The second-order valence-corrected chi connectivity index (χ2v) is 5.44. The molecule has 0 saturated heterocycles. The molecule has 0 aromatic heterocycles. The van der Waals surface area contributed by atoms with Gasteiger partial charge in [-0.3, -0.25) is 4.79 Å². The minimum absolute atomic E-state index is 0.00227. The van der Waals surface area contributed by atoms with Crippen LogP contribution in [0.4, 0.5) is 0 Å². The van der Waals surface area contributed by atoms with Crippen LogP contribution < -0.4 is 18.9 Å². The molecule has 0 unspecified atom stereocenters. The smallest absolute Gasteiger partial charge is 0.231 e. The van der Waals surface area contributed by atoms with Crippen LogP contribution in [0.15, 0.2) is 24.3 Å². The van der Waals surface area contributed by atoms with Crippen molar-refractivity contribution in [1.82, 2.24) is 0 Å². The van der Waals surface area contributed by atoms with Gasteiger partial charge in [0.25, 0.3) is 0 Å². The lowest BCUT2D eigenvalue weighted by Crippen LogP contribution is -2.04. The van der Waals surface area contributed by atoms with E-state index in [9.17, 15) is 15.0 Å². The van der Waals surface area contributed by atoms with Crippen LogP contribution in [0.5, 0.6) is 34.5 Å². The van der Waals surface area contributed by atoms with Crippen LogP contribution in [0.3, 0.4) is 0 Å². The topological polar surface area (TPSA) is 94.5 Å². The molecule has 1 aliphatic heterocycles. The zero-order valence-electron chi connectivity index (χ0n) is 13.9. The minimum Gasteiger partial charge on any atom is -0.504 e. The Kier molecular flexibility index (Phi) is 4.56. The number of hydrogen-bond donors (Lipinski definition) is 2. The van der Waals surface area contributed by atoms with Crippen molar-refractivity contribution >= 4 is 5.78 Å². The summed E-state index contributed by atoms with van der Waals surface area (Å²) in [5.74, 6) is -0.535. The highest BCUT2D eigenvalue weighted by Gasteiger charge is 2.33. The molecule has 1 aliphatic rings. The van der Waals surface area contributed by atoms with Gasteiger partial charge in [0.1, 0.15) is 11.3 Å². The monoisotopic (exact) mass is 346 g/mol. The number of Topliss-reactive ketones (excluding diaryl/α,β-unsaturated/α-hetero) is 1. The number of fused-ring (bicyclic) bond motifs is 1. The van der Waals surface area contributed by atoms with Crippen molar-refractivity contribution in [3.63, 3.8) is 0 Å². The van der Waals surface area contributed by atoms with E-state index in [-0.39, 0.29) is 36.0 Å². The molecule has 0 atom stereocenters. The summed E-state index contributed by atoms with van der Waals surface area (Å²) in [6.45, 7) is -0.123. The van der Waals surface area contributed by atoms with Gasteiger partial charge in [0.05, 0.1) is 14.2 Å². The van der Waals surface area contributed by atoms with E-state index >= 15 is 0 Å². The average Bonchev–Trinajstić information content (AvgIpc) is 3.10. The van der Waals surface area contributed by atoms with Crippen molar-refractivity contribution in [3.05, 3.63) is 35.4 Å². The van der Waals surface area contributed by atoms with Crippen LogP contribution in [-0.4, -0.2) is 37.0 Å². The molecule has 2 N–H and O–H groups in total. The fourth-order valence-electron chi connectivity index (χ4n) is 2.70. The first kappa shape index (κ1) is 16.8. The number of phenolic OH excluding ortho intramolecular Hbond substituents is 2. The Morgan fingerprint density at radius 3 is 2.36 bits per heavy atom. The van der Waals surface area contributed by atoms with E-state index in [0.717, 1.165) is 11.3 Å². The highest BCUT2D eigenvalue weighted by atomic mass is 16.7. The Labute approximate surface area is 144 Å². The maximum atomic E-state index is 12.6. The van der Waals surface area contributed by atoms with Crippen LogP contribution in [0, 0.1) is 0 Å². The predicted molar refractivity (Wildman–Crippen MR) is 88.1 cm³/mol. The standard InChI is InChI=1S/C18H18O7/c1-22-11-6-3-10(4-7-11)5-8-12(19)13-14(20)16(23-2)18-17(15(13)21)24-9-25-18/h3-4,6-7,20-21H,5,8-9H2,1-2H3. The van der Waals surface area contributed by atoms with Gasteiger partial charge in [-0.1, -0.05) is 12.1 Å². The lowest BCUT2D eigenvalue weighted by Gasteiger charge is -2.13. The number of ketones is 1. The number of carbonyl (C=O) groups excluding carboxylic acids is 1. The number of ether oxygens (including phenoxy) is 4. The Hall–Kier alpha value is -3.09. The molecule has 0 radical (unpaired) electrons. The lowest BCUT2D eigenvalue weighted by molar-refractivity contribution is 0.0976. The number of methoxy groups -OCH3 is 2. The van der Waals surface area contributed by atoms with Crippen molar-refractivity contribution in [3.8, 4) is 34.5 Å². The molecule has 0 bridgehead atoms. The van der Waals surface area contributed by atoms with Gasteiger partial charge in [0.2, 0.25) is 24.0 Å². The van der Waals surface area contributed by atoms with E-state index in [0.29, 0.717) is 6.42 Å². The molecule has 0 saturated carbocycles. The number of hydrogen-bond acceptors (Lipinski definition) is 7.